The Labute approximate surface area is 116 Å². The summed E-state index contributed by atoms with van der Waals surface area (Å²) in [7, 11) is 0. The normalized spacial score (nSPS) is 37.4. The zero-order valence-corrected chi connectivity index (χ0v) is 12.6. The summed E-state index contributed by atoms with van der Waals surface area (Å²) in [6, 6.07) is 0.891. The van der Waals surface area contributed by atoms with Crippen molar-refractivity contribution in [3.05, 3.63) is 0 Å². The Morgan fingerprint density at radius 2 is 1.79 bits per heavy atom. The van der Waals surface area contributed by atoms with Gasteiger partial charge in [-0.3, -0.25) is 9.69 Å². The van der Waals surface area contributed by atoms with Crippen LogP contribution in [-0.2, 0) is 9.53 Å². The minimum atomic E-state index is 0.145. The Morgan fingerprint density at radius 1 is 1.16 bits per heavy atom. The van der Waals surface area contributed by atoms with E-state index in [1.54, 1.807) is 0 Å². The van der Waals surface area contributed by atoms with Crippen LogP contribution in [0.25, 0.3) is 0 Å². The van der Waals surface area contributed by atoms with Crippen LogP contribution in [0.2, 0.25) is 0 Å². The van der Waals surface area contributed by atoms with Gasteiger partial charge in [-0.15, -0.1) is 0 Å². The van der Waals surface area contributed by atoms with Gasteiger partial charge in [-0.1, -0.05) is 0 Å². The van der Waals surface area contributed by atoms with Crippen molar-refractivity contribution in [1.82, 2.24) is 15.1 Å². The molecule has 0 aliphatic carbocycles. The summed E-state index contributed by atoms with van der Waals surface area (Å²) in [5, 5.41) is 3.44. The molecule has 2 saturated heterocycles. The van der Waals surface area contributed by atoms with E-state index in [1.165, 1.54) is 0 Å². The highest BCUT2D eigenvalue weighted by atomic mass is 16.5. The lowest BCUT2D eigenvalue weighted by molar-refractivity contribution is -0.145. The van der Waals surface area contributed by atoms with Crippen molar-refractivity contribution < 1.29 is 9.53 Å². The van der Waals surface area contributed by atoms with Crippen molar-refractivity contribution in [3.63, 3.8) is 0 Å². The summed E-state index contributed by atoms with van der Waals surface area (Å²) in [5.41, 5.74) is 0. The van der Waals surface area contributed by atoms with Crippen LogP contribution < -0.4 is 5.32 Å². The highest BCUT2D eigenvalue weighted by molar-refractivity contribution is 5.78. The molecule has 2 aliphatic heterocycles. The summed E-state index contributed by atoms with van der Waals surface area (Å²) in [6.07, 6.45) is 0.291. The van der Waals surface area contributed by atoms with E-state index in [1.807, 2.05) is 18.7 Å². The van der Waals surface area contributed by atoms with Crippen molar-refractivity contribution >= 4 is 5.91 Å². The van der Waals surface area contributed by atoms with Crippen molar-refractivity contribution in [2.24, 2.45) is 0 Å². The molecule has 2 heterocycles. The second kappa shape index (κ2) is 6.20. The lowest BCUT2D eigenvalue weighted by atomic mass is 10.1. The van der Waals surface area contributed by atoms with Gasteiger partial charge in [0.15, 0.2) is 0 Å². The number of carbonyl (C=O) groups excluding carboxylic acids is 1. The second-order valence-electron chi connectivity index (χ2n) is 6.14. The smallest absolute Gasteiger partial charge is 0.236 e. The summed E-state index contributed by atoms with van der Waals surface area (Å²) in [4.78, 5) is 16.7. The van der Waals surface area contributed by atoms with Crippen molar-refractivity contribution in [2.45, 2.75) is 52.0 Å². The van der Waals surface area contributed by atoms with E-state index < -0.39 is 0 Å². The molecule has 5 heteroatoms. The maximum absolute atomic E-state index is 12.4. The number of rotatable bonds is 2. The Bertz CT molecular complexity index is 314. The molecule has 2 rings (SSSR count). The third-order valence-corrected chi connectivity index (χ3v) is 4.00. The van der Waals surface area contributed by atoms with Crippen molar-refractivity contribution in [1.29, 1.82) is 0 Å². The third-order valence-electron chi connectivity index (χ3n) is 4.00. The molecule has 5 nitrogen and oxygen atoms in total. The fraction of sp³-hybridized carbons (Fsp3) is 0.929. The molecule has 110 valence electrons. The highest BCUT2D eigenvalue weighted by Gasteiger charge is 2.29. The molecule has 0 aromatic carbocycles. The van der Waals surface area contributed by atoms with E-state index in [4.69, 9.17) is 4.74 Å². The van der Waals surface area contributed by atoms with E-state index in [9.17, 15) is 4.79 Å². The van der Waals surface area contributed by atoms with E-state index in [-0.39, 0.29) is 18.1 Å². The minimum Gasteiger partial charge on any atom is -0.372 e. The van der Waals surface area contributed by atoms with Gasteiger partial charge in [0.1, 0.15) is 0 Å². The van der Waals surface area contributed by atoms with Crippen LogP contribution in [0.15, 0.2) is 0 Å². The van der Waals surface area contributed by atoms with Crippen LogP contribution >= 0.6 is 0 Å². The first-order valence-electron chi connectivity index (χ1n) is 7.36. The van der Waals surface area contributed by atoms with Gasteiger partial charge in [-0.2, -0.15) is 0 Å². The van der Waals surface area contributed by atoms with E-state index in [0.29, 0.717) is 18.6 Å². The van der Waals surface area contributed by atoms with Gasteiger partial charge in [-0.25, -0.2) is 0 Å². The zero-order chi connectivity index (χ0) is 14.0. The first kappa shape index (κ1) is 14.8. The first-order chi connectivity index (χ1) is 8.95. The molecule has 1 N–H and O–H groups in total. The number of hydrogen-bond donors (Lipinski definition) is 1. The second-order valence-corrected chi connectivity index (χ2v) is 6.14. The van der Waals surface area contributed by atoms with Crippen LogP contribution in [0, 0.1) is 0 Å². The van der Waals surface area contributed by atoms with Gasteiger partial charge in [0.2, 0.25) is 5.91 Å². The maximum atomic E-state index is 12.4. The molecule has 1 amide bonds. The third kappa shape index (κ3) is 3.91. The molecular formula is C14H27N3O2. The molecule has 0 radical (unpaired) electrons. The average Bonchev–Trinajstić information content (AvgIpc) is 2.32. The molecule has 0 bridgehead atoms. The molecule has 0 aromatic heterocycles. The summed E-state index contributed by atoms with van der Waals surface area (Å²) in [5.74, 6) is 0.239. The Kier molecular flexibility index (Phi) is 4.81. The number of hydrogen-bond acceptors (Lipinski definition) is 4. The number of ether oxygens (including phenoxy) is 1. The molecule has 2 aliphatic rings. The summed E-state index contributed by atoms with van der Waals surface area (Å²) < 4.78 is 5.68. The number of nitrogens with zero attached hydrogens (tertiary/aromatic N) is 2. The molecule has 4 unspecified atom stereocenters. The average molecular weight is 269 g/mol. The van der Waals surface area contributed by atoms with E-state index in [0.717, 1.165) is 26.2 Å². The van der Waals surface area contributed by atoms with Gasteiger partial charge < -0.3 is 15.0 Å². The van der Waals surface area contributed by atoms with Gasteiger partial charge in [-0.05, 0) is 27.7 Å². The fourth-order valence-corrected chi connectivity index (χ4v) is 2.97. The van der Waals surface area contributed by atoms with Crippen LogP contribution in [0.1, 0.15) is 27.7 Å². The van der Waals surface area contributed by atoms with Crippen molar-refractivity contribution in [3.8, 4) is 0 Å². The quantitative estimate of drug-likeness (QED) is 0.783. The molecule has 2 fully saturated rings. The standard InChI is InChI=1S/C14H27N3O2/c1-10-6-16(11(2)5-15-10)9-14(18)17-7-12(3)19-13(4)8-17/h10-13,15H,5-9H2,1-4H3. The summed E-state index contributed by atoms with van der Waals surface area (Å²) >= 11 is 0. The predicted molar refractivity (Wildman–Crippen MR) is 75.1 cm³/mol. The lowest BCUT2D eigenvalue weighted by Gasteiger charge is -2.40. The molecule has 19 heavy (non-hydrogen) atoms. The van der Waals surface area contributed by atoms with Crippen LogP contribution in [0.4, 0.5) is 0 Å². The number of morpholine rings is 1. The minimum absolute atomic E-state index is 0.145. The van der Waals surface area contributed by atoms with Crippen LogP contribution in [0.3, 0.4) is 0 Å². The fourth-order valence-electron chi connectivity index (χ4n) is 2.97. The highest BCUT2D eigenvalue weighted by Crippen LogP contribution is 2.13. The number of amides is 1. The van der Waals surface area contributed by atoms with Gasteiger partial charge >= 0.3 is 0 Å². The lowest BCUT2D eigenvalue weighted by Crippen LogP contribution is -2.58. The zero-order valence-electron chi connectivity index (χ0n) is 12.6. The molecule has 0 saturated carbocycles. The molecule has 4 atom stereocenters. The Morgan fingerprint density at radius 3 is 2.42 bits per heavy atom. The Balaban J connectivity index is 1.89. The van der Waals surface area contributed by atoms with Crippen LogP contribution in [0.5, 0.6) is 0 Å². The van der Waals surface area contributed by atoms with Crippen LogP contribution in [-0.4, -0.2) is 72.7 Å². The SMILES string of the molecule is CC1CN(CC(=O)N2CC(C)OC(C)C2)C(C)CN1. The molecule has 0 spiro atoms. The number of nitrogens with one attached hydrogen (secondary N) is 1. The topological polar surface area (TPSA) is 44.8 Å². The maximum Gasteiger partial charge on any atom is 0.236 e. The predicted octanol–water partition coefficient (Wildman–Crippen LogP) is 0.304. The molecule has 0 aromatic rings. The van der Waals surface area contributed by atoms with Gasteiger partial charge in [0.05, 0.1) is 18.8 Å². The monoisotopic (exact) mass is 269 g/mol. The van der Waals surface area contributed by atoms with Gasteiger partial charge in [0.25, 0.3) is 0 Å². The number of carbonyl (C=O) groups is 1. The molecular weight excluding hydrogens is 242 g/mol. The van der Waals surface area contributed by atoms with E-state index >= 15 is 0 Å². The van der Waals surface area contributed by atoms with Gasteiger partial charge in [0, 0.05) is 38.3 Å². The van der Waals surface area contributed by atoms with E-state index in [2.05, 4.69) is 24.1 Å². The summed E-state index contributed by atoms with van der Waals surface area (Å²) in [6.45, 7) is 12.3. The first-order valence-corrected chi connectivity index (χ1v) is 7.36. The van der Waals surface area contributed by atoms with Crippen molar-refractivity contribution in [2.75, 3.05) is 32.7 Å². The Hall–Kier alpha value is -0.650. The number of piperazine rings is 1. The largest absolute Gasteiger partial charge is 0.372 e.